The molecule has 0 aliphatic heterocycles. The Bertz CT molecular complexity index is 891. The van der Waals surface area contributed by atoms with Gasteiger partial charge >= 0.3 is 0 Å². The highest BCUT2D eigenvalue weighted by Gasteiger charge is 2.22. The molecular weight excluding hydrogens is 390 g/mol. The number of benzene rings is 2. The maximum Gasteiger partial charge on any atom is 0.155 e. The third kappa shape index (κ3) is 2.80. The Labute approximate surface area is 143 Å². The van der Waals surface area contributed by atoms with Crippen molar-refractivity contribution in [2.24, 2.45) is 0 Å². The highest BCUT2D eigenvalue weighted by molar-refractivity contribution is 9.10. The average Bonchev–Trinajstić information content (AvgIpc) is 2.83. The first kappa shape index (κ1) is 15.8. The van der Waals surface area contributed by atoms with Crippen molar-refractivity contribution in [2.45, 2.75) is 0 Å². The number of hydrogen-bond acceptors (Lipinski definition) is 2. The van der Waals surface area contributed by atoms with Gasteiger partial charge in [0.15, 0.2) is 6.29 Å². The van der Waals surface area contributed by atoms with Crippen molar-refractivity contribution in [1.29, 1.82) is 0 Å². The topological polar surface area (TPSA) is 34.9 Å². The van der Waals surface area contributed by atoms with Crippen molar-refractivity contribution in [3.63, 3.8) is 0 Å². The fourth-order valence-electron chi connectivity index (χ4n) is 2.20. The number of aldehydes is 1. The number of aromatic nitrogens is 2. The van der Waals surface area contributed by atoms with Crippen LogP contribution in [0.5, 0.6) is 0 Å². The van der Waals surface area contributed by atoms with Crippen molar-refractivity contribution >= 4 is 33.8 Å². The number of carbonyl (C=O) groups is 1. The molecule has 0 aliphatic carbocycles. The average molecular weight is 398 g/mol. The molecule has 1 aromatic heterocycles. The number of hydrogen-bond donors (Lipinski definition) is 0. The summed E-state index contributed by atoms with van der Waals surface area (Å²) in [6.45, 7) is 0. The molecule has 3 rings (SSSR count). The third-order valence-electron chi connectivity index (χ3n) is 3.23. The molecule has 116 valence electrons. The molecule has 3 aromatic rings. The van der Waals surface area contributed by atoms with Crippen molar-refractivity contribution in [3.05, 3.63) is 69.3 Å². The molecule has 0 N–H and O–H groups in total. The lowest BCUT2D eigenvalue weighted by atomic mass is 10.1. The standard InChI is InChI=1S/C16H8BrClF2N2O/c17-16-11(8-23)15(14-12(18)5-2-6-13(14)20)21-22(16)10-4-1-3-9(19)7-10/h1-8H. The van der Waals surface area contributed by atoms with Crippen LogP contribution in [0.3, 0.4) is 0 Å². The quantitative estimate of drug-likeness (QED) is 0.580. The van der Waals surface area contributed by atoms with E-state index in [4.69, 9.17) is 11.6 Å². The molecule has 0 spiro atoms. The monoisotopic (exact) mass is 396 g/mol. The second kappa shape index (κ2) is 6.22. The first-order valence-electron chi connectivity index (χ1n) is 6.47. The molecule has 1 heterocycles. The van der Waals surface area contributed by atoms with E-state index in [0.29, 0.717) is 12.0 Å². The van der Waals surface area contributed by atoms with Gasteiger partial charge < -0.3 is 0 Å². The van der Waals surface area contributed by atoms with Gasteiger partial charge in [0, 0.05) is 0 Å². The van der Waals surface area contributed by atoms with Crippen LogP contribution in [0, 0.1) is 11.6 Å². The van der Waals surface area contributed by atoms with Crippen LogP contribution in [-0.2, 0) is 0 Å². The van der Waals surface area contributed by atoms with E-state index in [1.165, 1.54) is 41.1 Å². The summed E-state index contributed by atoms with van der Waals surface area (Å²) < 4.78 is 29.1. The number of rotatable bonds is 3. The lowest BCUT2D eigenvalue weighted by Gasteiger charge is -2.04. The fourth-order valence-corrected chi connectivity index (χ4v) is 3.02. The van der Waals surface area contributed by atoms with E-state index in [9.17, 15) is 13.6 Å². The highest BCUT2D eigenvalue weighted by atomic mass is 79.9. The molecule has 0 unspecified atom stereocenters. The zero-order valence-electron chi connectivity index (χ0n) is 11.4. The summed E-state index contributed by atoms with van der Waals surface area (Å²) in [5.41, 5.74) is 0.617. The van der Waals surface area contributed by atoms with Gasteiger partial charge in [0.25, 0.3) is 0 Å². The number of carbonyl (C=O) groups excluding carboxylic acids is 1. The van der Waals surface area contributed by atoms with Gasteiger partial charge in [-0.15, -0.1) is 0 Å². The second-order valence-corrected chi connectivity index (χ2v) is 5.82. The SMILES string of the molecule is O=Cc1c(-c2c(F)cccc2Cl)nn(-c2cccc(F)c2)c1Br. The molecular formula is C16H8BrClF2N2O. The van der Waals surface area contributed by atoms with E-state index in [0.717, 1.165) is 0 Å². The van der Waals surface area contributed by atoms with Crippen molar-refractivity contribution < 1.29 is 13.6 Å². The van der Waals surface area contributed by atoms with Gasteiger partial charge in [0.2, 0.25) is 0 Å². The predicted molar refractivity (Wildman–Crippen MR) is 87.0 cm³/mol. The van der Waals surface area contributed by atoms with Crippen molar-refractivity contribution in [1.82, 2.24) is 9.78 Å². The summed E-state index contributed by atoms with van der Waals surface area (Å²) in [5.74, 6) is -1.06. The zero-order valence-corrected chi connectivity index (χ0v) is 13.8. The lowest BCUT2D eigenvalue weighted by molar-refractivity contribution is 0.112. The van der Waals surface area contributed by atoms with Crippen LogP contribution in [0.25, 0.3) is 16.9 Å². The smallest absolute Gasteiger partial charge is 0.155 e. The fraction of sp³-hybridized carbons (Fsp3) is 0. The molecule has 0 saturated carbocycles. The van der Waals surface area contributed by atoms with E-state index in [1.54, 1.807) is 6.07 Å². The maximum absolute atomic E-state index is 14.1. The van der Waals surface area contributed by atoms with E-state index in [2.05, 4.69) is 21.0 Å². The van der Waals surface area contributed by atoms with Gasteiger partial charge in [-0.1, -0.05) is 23.7 Å². The molecule has 0 fully saturated rings. The molecule has 23 heavy (non-hydrogen) atoms. The van der Waals surface area contributed by atoms with Gasteiger partial charge in [-0.25, -0.2) is 13.5 Å². The van der Waals surface area contributed by atoms with Gasteiger partial charge in [-0.3, -0.25) is 4.79 Å². The Hall–Kier alpha value is -2.05. The Morgan fingerprint density at radius 2 is 1.91 bits per heavy atom. The summed E-state index contributed by atoms with van der Waals surface area (Å²) in [7, 11) is 0. The Morgan fingerprint density at radius 1 is 1.17 bits per heavy atom. The minimum atomic E-state index is -0.600. The first-order valence-corrected chi connectivity index (χ1v) is 7.64. The summed E-state index contributed by atoms with van der Waals surface area (Å²) in [6.07, 6.45) is 0.547. The van der Waals surface area contributed by atoms with Gasteiger partial charge in [0.05, 0.1) is 21.8 Å². The van der Waals surface area contributed by atoms with E-state index in [1.807, 2.05) is 0 Å². The molecule has 2 aromatic carbocycles. The van der Waals surface area contributed by atoms with E-state index >= 15 is 0 Å². The zero-order chi connectivity index (χ0) is 16.6. The number of halogens is 4. The highest BCUT2D eigenvalue weighted by Crippen LogP contribution is 2.35. The number of nitrogens with zero attached hydrogens (tertiary/aromatic N) is 2. The molecule has 0 saturated heterocycles. The molecule has 0 atom stereocenters. The molecule has 0 amide bonds. The van der Waals surface area contributed by atoms with Crippen LogP contribution in [0.1, 0.15) is 10.4 Å². The summed E-state index contributed by atoms with van der Waals surface area (Å²) in [6, 6.07) is 9.85. The molecule has 7 heteroatoms. The minimum absolute atomic E-state index is 0.0205. The van der Waals surface area contributed by atoms with Crippen LogP contribution in [-0.4, -0.2) is 16.1 Å². The van der Waals surface area contributed by atoms with Gasteiger partial charge in [0.1, 0.15) is 21.9 Å². The Morgan fingerprint density at radius 3 is 2.57 bits per heavy atom. The lowest BCUT2D eigenvalue weighted by Crippen LogP contribution is -1.98. The van der Waals surface area contributed by atoms with Crippen LogP contribution in [0.2, 0.25) is 5.02 Å². The second-order valence-electron chi connectivity index (χ2n) is 4.66. The molecule has 0 radical (unpaired) electrons. The normalized spacial score (nSPS) is 10.8. The van der Waals surface area contributed by atoms with Crippen molar-refractivity contribution in [2.75, 3.05) is 0 Å². The molecule has 0 bridgehead atoms. The van der Waals surface area contributed by atoms with Gasteiger partial charge in [-0.05, 0) is 46.3 Å². The van der Waals surface area contributed by atoms with Crippen molar-refractivity contribution in [3.8, 4) is 16.9 Å². The third-order valence-corrected chi connectivity index (χ3v) is 4.31. The van der Waals surface area contributed by atoms with Crippen LogP contribution in [0.4, 0.5) is 8.78 Å². The summed E-state index contributed by atoms with van der Waals surface area (Å²) in [5, 5.41) is 4.36. The Balaban J connectivity index is 2.28. The molecule has 0 aliphatic rings. The summed E-state index contributed by atoms with van der Waals surface area (Å²) in [4.78, 5) is 11.4. The minimum Gasteiger partial charge on any atom is -0.298 e. The van der Waals surface area contributed by atoms with E-state index < -0.39 is 11.6 Å². The van der Waals surface area contributed by atoms with Gasteiger partial charge in [-0.2, -0.15) is 5.10 Å². The van der Waals surface area contributed by atoms with E-state index in [-0.39, 0.29) is 26.4 Å². The summed E-state index contributed by atoms with van der Waals surface area (Å²) >= 11 is 9.30. The first-order chi connectivity index (χ1) is 11.0. The molecule has 3 nitrogen and oxygen atoms in total. The van der Waals surface area contributed by atoms with Crippen LogP contribution >= 0.6 is 27.5 Å². The van der Waals surface area contributed by atoms with Crippen LogP contribution < -0.4 is 0 Å². The Kier molecular flexibility index (Phi) is 4.28. The maximum atomic E-state index is 14.1. The largest absolute Gasteiger partial charge is 0.298 e. The van der Waals surface area contributed by atoms with Crippen LogP contribution in [0.15, 0.2) is 47.1 Å². The predicted octanol–water partition coefficient (Wildman–Crippen LogP) is 5.05.